The van der Waals surface area contributed by atoms with Crippen LogP contribution < -0.4 is 5.73 Å². The highest BCUT2D eigenvalue weighted by molar-refractivity contribution is 5.78. The Kier molecular flexibility index (Phi) is 7.48. The summed E-state index contributed by atoms with van der Waals surface area (Å²) >= 11 is 0. The summed E-state index contributed by atoms with van der Waals surface area (Å²) < 4.78 is 5.42. The van der Waals surface area contributed by atoms with Crippen LogP contribution in [0.25, 0.3) is 0 Å². The summed E-state index contributed by atoms with van der Waals surface area (Å²) in [6, 6.07) is 0. The molecule has 22 heavy (non-hydrogen) atoms. The minimum atomic E-state index is -0.473. The van der Waals surface area contributed by atoms with Crippen molar-refractivity contribution in [2.24, 2.45) is 10.7 Å². The number of carbonyl (C=O) groups is 1. The zero-order valence-electron chi connectivity index (χ0n) is 14.6. The van der Waals surface area contributed by atoms with Crippen LogP contribution in [0, 0.1) is 0 Å². The van der Waals surface area contributed by atoms with Gasteiger partial charge in [0.2, 0.25) is 0 Å². The van der Waals surface area contributed by atoms with E-state index in [1.807, 2.05) is 27.7 Å². The summed E-state index contributed by atoms with van der Waals surface area (Å²) in [5.41, 5.74) is 5.55. The topological polar surface area (TPSA) is 71.2 Å². The smallest absolute Gasteiger partial charge is 0.410 e. The third kappa shape index (κ3) is 7.00. The van der Waals surface area contributed by atoms with Crippen molar-refractivity contribution in [2.75, 3.05) is 32.7 Å². The van der Waals surface area contributed by atoms with E-state index in [0.717, 1.165) is 19.5 Å². The van der Waals surface area contributed by atoms with Crippen molar-refractivity contribution in [3.05, 3.63) is 0 Å². The molecule has 1 fully saturated rings. The van der Waals surface area contributed by atoms with Gasteiger partial charge in [-0.3, -0.25) is 4.99 Å². The van der Waals surface area contributed by atoms with Crippen LogP contribution in [0.4, 0.5) is 4.79 Å². The molecular formula is C16H32N4O2. The number of hydrogen-bond donors (Lipinski definition) is 1. The Labute approximate surface area is 134 Å². The van der Waals surface area contributed by atoms with Gasteiger partial charge in [-0.05, 0) is 46.5 Å². The average Bonchev–Trinajstić information content (AvgIpc) is 2.45. The Bertz CT molecular complexity index is 371. The molecule has 0 aliphatic carbocycles. The lowest BCUT2D eigenvalue weighted by molar-refractivity contribution is 0.0256. The number of hydrogen-bond acceptors (Lipinski definition) is 3. The van der Waals surface area contributed by atoms with Crippen molar-refractivity contribution in [2.45, 2.75) is 59.0 Å². The van der Waals surface area contributed by atoms with Gasteiger partial charge in [-0.1, -0.05) is 6.92 Å². The van der Waals surface area contributed by atoms with Crippen LogP contribution in [0.15, 0.2) is 4.99 Å². The maximum absolute atomic E-state index is 12.1. The van der Waals surface area contributed by atoms with Crippen molar-refractivity contribution >= 4 is 12.1 Å². The molecule has 128 valence electrons. The number of piperidine rings is 1. The number of ether oxygens (including phenoxy) is 1. The van der Waals surface area contributed by atoms with Crippen LogP contribution in [0.5, 0.6) is 0 Å². The molecule has 6 heteroatoms. The molecule has 1 amide bonds. The molecule has 0 radical (unpaired) electrons. The molecule has 1 aliphatic heterocycles. The van der Waals surface area contributed by atoms with Crippen LogP contribution in [0.1, 0.15) is 53.4 Å². The van der Waals surface area contributed by atoms with E-state index >= 15 is 0 Å². The van der Waals surface area contributed by atoms with E-state index < -0.39 is 5.60 Å². The maximum atomic E-state index is 12.1. The number of nitrogens with two attached hydrogens (primary N) is 1. The molecule has 6 nitrogen and oxygen atoms in total. The quantitative estimate of drug-likeness (QED) is 0.625. The molecule has 0 unspecified atom stereocenters. The summed E-state index contributed by atoms with van der Waals surface area (Å²) in [5.74, 6) is 0.598. The minimum Gasteiger partial charge on any atom is -0.444 e. The fraction of sp³-hybridized carbons (Fsp3) is 0.875. The second kappa shape index (κ2) is 8.86. The number of amides is 1. The third-order valence-electron chi connectivity index (χ3n) is 3.47. The van der Waals surface area contributed by atoms with Crippen molar-refractivity contribution in [1.82, 2.24) is 9.80 Å². The highest BCUT2D eigenvalue weighted by atomic mass is 16.6. The summed E-state index contributed by atoms with van der Waals surface area (Å²) in [6.45, 7) is 11.4. The predicted molar refractivity (Wildman–Crippen MR) is 90.0 cm³/mol. The fourth-order valence-electron chi connectivity index (χ4n) is 2.40. The first kappa shape index (κ1) is 18.6. The maximum Gasteiger partial charge on any atom is 0.410 e. The third-order valence-corrected chi connectivity index (χ3v) is 3.47. The Morgan fingerprint density at radius 1 is 1.23 bits per heavy atom. The van der Waals surface area contributed by atoms with Crippen molar-refractivity contribution in [3.8, 4) is 0 Å². The Balaban J connectivity index is 2.47. The minimum absolute atomic E-state index is 0.277. The molecule has 1 rings (SSSR count). The van der Waals surface area contributed by atoms with Crippen LogP contribution in [-0.2, 0) is 4.74 Å². The van der Waals surface area contributed by atoms with E-state index in [-0.39, 0.29) is 6.09 Å². The average molecular weight is 312 g/mol. The number of nitrogens with zero attached hydrogens (tertiary/aromatic N) is 3. The first-order valence-electron chi connectivity index (χ1n) is 8.36. The van der Waals surface area contributed by atoms with Gasteiger partial charge in [-0.15, -0.1) is 0 Å². The first-order valence-corrected chi connectivity index (χ1v) is 8.36. The zero-order valence-corrected chi connectivity index (χ0v) is 14.6. The normalized spacial score (nSPS) is 16.5. The molecule has 0 saturated carbocycles. The van der Waals surface area contributed by atoms with Crippen LogP contribution >= 0.6 is 0 Å². The molecule has 0 spiro atoms. The fourth-order valence-corrected chi connectivity index (χ4v) is 2.40. The van der Waals surface area contributed by atoms with E-state index in [9.17, 15) is 4.79 Å². The zero-order chi connectivity index (χ0) is 16.6. The SMILES string of the molecule is CCCN(CCN=C(N)N1CCCCC1)C(=O)OC(C)(C)C. The molecule has 2 N–H and O–H groups in total. The van der Waals surface area contributed by atoms with Crippen molar-refractivity contribution < 1.29 is 9.53 Å². The van der Waals surface area contributed by atoms with Gasteiger partial charge in [0.15, 0.2) is 5.96 Å². The highest BCUT2D eigenvalue weighted by Gasteiger charge is 2.21. The van der Waals surface area contributed by atoms with Gasteiger partial charge in [-0.25, -0.2) is 4.79 Å². The van der Waals surface area contributed by atoms with Crippen molar-refractivity contribution in [3.63, 3.8) is 0 Å². The molecule has 1 heterocycles. The number of rotatable bonds is 5. The first-order chi connectivity index (χ1) is 10.3. The van der Waals surface area contributed by atoms with E-state index in [0.29, 0.717) is 25.6 Å². The van der Waals surface area contributed by atoms with E-state index in [1.54, 1.807) is 4.90 Å². The number of guanidine groups is 1. The van der Waals surface area contributed by atoms with E-state index in [2.05, 4.69) is 9.89 Å². The van der Waals surface area contributed by atoms with E-state index in [1.165, 1.54) is 19.3 Å². The van der Waals surface area contributed by atoms with E-state index in [4.69, 9.17) is 10.5 Å². The second-order valence-corrected chi connectivity index (χ2v) is 6.76. The number of carbonyl (C=O) groups excluding carboxylic acids is 1. The molecule has 0 atom stereocenters. The van der Waals surface area contributed by atoms with Gasteiger partial charge >= 0.3 is 6.09 Å². The lowest BCUT2D eigenvalue weighted by Gasteiger charge is -2.28. The molecular weight excluding hydrogens is 280 g/mol. The standard InChI is InChI=1S/C16H32N4O2/c1-5-10-20(15(21)22-16(2,3)4)13-9-18-14(17)19-11-7-6-8-12-19/h5-13H2,1-4H3,(H2,17,18). The number of likely N-dealkylation sites (tertiary alicyclic amines) is 1. The molecule has 1 aliphatic rings. The largest absolute Gasteiger partial charge is 0.444 e. The lowest BCUT2D eigenvalue weighted by atomic mass is 10.1. The van der Waals surface area contributed by atoms with Gasteiger partial charge < -0.3 is 20.3 Å². The molecule has 0 aromatic rings. The van der Waals surface area contributed by atoms with Crippen molar-refractivity contribution in [1.29, 1.82) is 0 Å². The predicted octanol–water partition coefficient (Wildman–Crippen LogP) is 2.43. The molecule has 0 bridgehead atoms. The lowest BCUT2D eigenvalue weighted by Crippen LogP contribution is -2.42. The van der Waals surface area contributed by atoms with Gasteiger partial charge in [0.1, 0.15) is 5.60 Å². The summed E-state index contributed by atoms with van der Waals surface area (Å²) in [5, 5.41) is 0. The van der Waals surface area contributed by atoms with Gasteiger partial charge in [0.05, 0.1) is 6.54 Å². The van der Waals surface area contributed by atoms with Gasteiger partial charge in [0.25, 0.3) is 0 Å². The second-order valence-electron chi connectivity index (χ2n) is 6.76. The van der Waals surface area contributed by atoms with Gasteiger partial charge in [0, 0.05) is 26.2 Å². The Hall–Kier alpha value is -1.46. The summed E-state index contributed by atoms with van der Waals surface area (Å²) in [4.78, 5) is 20.4. The van der Waals surface area contributed by atoms with Crippen LogP contribution in [0.2, 0.25) is 0 Å². The molecule has 0 aromatic carbocycles. The summed E-state index contributed by atoms with van der Waals surface area (Å²) in [7, 11) is 0. The van der Waals surface area contributed by atoms with Gasteiger partial charge in [-0.2, -0.15) is 0 Å². The molecule has 0 aromatic heterocycles. The molecule has 1 saturated heterocycles. The monoisotopic (exact) mass is 312 g/mol. The number of aliphatic imine (C=N–C) groups is 1. The van der Waals surface area contributed by atoms with Crippen LogP contribution in [0.3, 0.4) is 0 Å². The Morgan fingerprint density at radius 2 is 1.86 bits per heavy atom. The van der Waals surface area contributed by atoms with Crippen LogP contribution in [-0.4, -0.2) is 60.2 Å². The summed E-state index contributed by atoms with van der Waals surface area (Å²) in [6.07, 6.45) is 4.24. The Morgan fingerprint density at radius 3 is 2.41 bits per heavy atom. The highest BCUT2D eigenvalue weighted by Crippen LogP contribution is 2.10.